The van der Waals surface area contributed by atoms with Crippen molar-refractivity contribution in [3.63, 3.8) is 0 Å². The van der Waals surface area contributed by atoms with Crippen LogP contribution >= 0.6 is 0 Å². The fourth-order valence-electron chi connectivity index (χ4n) is 2.05. The van der Waals surface area contributed by atoms with Crippen LogP contribution in [0.25, 0.3) is 0 Å². The molecule has 0 fully saturated rings. The lowest BCUT2D eigenvalue weighted by atomic mass is 10.1. The van der Waals surface area contributed by atoms with E-state index in [0.29, 0.717) is 11.3 Å². The molecule has 2 aromatic carbocycles. The van der Waals surface area contributed by atoms with Crippen LogP contribution in [0.15, 0.2) is 29.2 Å². The van der Waals surface area contributed by atoms with Crippen molar-refractivity contribution in [1.29, 1.82) is 0 Å². The summed E-state index contributed by atoms with van der Waals surface area (Å²) in [4.78, 5) is -1.91. The molecule has 0 saturated heterocycles. The summed E-state index contributed by atoms with van der Waals surface area (Å²) in [6, 6.07) is 6.55. The molecule has 0 aromatic heterocycles. The number of hydrogen-bond acceptors (Lipinski definition) is 3. The first-order valence-corrected chi connectivity index (χ1v) is 8.31. The van der Waals surface area contributed by atoms with E-state index < -0.39 is 44.0 Å². The summed E-state index contributed by atoms with van der Waals surface area (Å²) in [5, 5.41) is 0. The van der Waals surface area contributed by atoms with Crippen LogP contribution in [0.2, 0.25) is 0 Å². The lowest BCUT2D eigenvalue weighted by Crippen LogP contribution is -2.29. The molecule has 0 aliphatic rings. The Kier molecular flexibility index (Phi) is 5.63. The molecule has 136 valence electrons. The van der Waals surface area contributed by atoms with Gasteiger partial charge in [0.25, 0.3) is 0 Å². The topological polar surface area (TPSA) is 55.4 Å². The van der Waals surface area contributed by atoms with Crippen molar-refractivity contribution < 1.29 is 35.1 Å². The maximum atomic E-state index is 13.6. The van der Waals surface area contributed by atoms with E-state index in [0.717, 1.165) is 0 Å². The predicted octanol–water partition coefficient (Wildman–Crippen LogP) is 2.91. The van der Waals surface area contributed by atoms with E-state index in [2.05, 4.69) is 0 Å². The SMILES string of the molecule is COc1cccc(CCNS(=O)(=O)c2c(F)c(F)c(F)c(F)c2F)c1. The van der Waals surface area contributed by atoms with Crippen LogP contribution in [0, 0.1) is 29.1 Å². The van der Waals surface area contributed by atoms with Gasteiger partial charge in [-0.3, -0.25) is 0 Å². The summed E-state index contributed by atoms with van der Waals surface area (Å²) >= 11 is 0. The van der Waals surface area contributed by atoms with E-state index in [1.165, 1.54) is 7.11 Å². The van der Waals surface area contributed by atoms with Crippen LogP contribution < -0.4 is 9.46 Å². The second-order valence-electron chi connectivity index (χ2n) is 4.90. The summed E-state index contributed by atoms with van der Waals surface area (Å²) < 4.78 is 97.1. The van der Waals surface area contributed by atoms with Gasteiger partial charge in [0, 0.05) is 6.54 Å². The lowest BCUT2D eigenvalue weighted by Gasteiger charge is -2.11. The van der Waals surface area contributed by atoms with Crippen molar-refractivity contribution in [2.75, 3.05) is 13.7 Å². The third kappa shape index (κ3) is 3.90. The Hall–Kier alpha value is -2.20. The van der Waals surface area contributed by atoms with Crippen LogP contribution in [0.5, 0.6) is 5.75 Å². The number of nitrogens with one attached hydrogen (secondary N) is 1. The molecule has 10 heteroatoms. The Morgan fingerprint density at radius 2 is 1.52 bits per heavy atom. The van der Waals surface area contributed by atoms with E-state index in [1.54, 1.807) is 24.3 Å². The molecular formula is C15H12F5NO3S. The Morgan fingerprint density at radius 1 is 0.960 bits per heavy atom. The van der Waals surface area contributed by atoms with Gasteiger partial charge in [0.15, 0.2) is 28.2 Å². The van der Waals surface area contributed by atoms with Gasteiger partial charge in [-0.1, -0.05) is 12.1 Å². The Morgan fingerprint density at radius 3 is 2.08 bits per heavy atom. The van der Waals surface area contributed by atoms with Gasteiger partial charge in [-0.25, -0.2) is 35.1 Å². The van der Waals surface area contributed by atoms with Crippen molar-refractivity contribution >= 4 is 10.0 Å². The number of methoxy groups -OCH3 is 1. The minimum atomic E-state index is -4.95. The van der Waals surface area contributed by atoms with E-state index in [9.17, 15) is 30.4 Å². The Balaban J connectivity index is 2.23. The average molecular weight is 381 g/mol. The maximum Gasteiger partial charge on any atom is 0.246 e. The number of ether oxygens (including phenoxy) is 1. The molecule has 0 heterocycles. The molecule has 2 rings (SSSR count). The second-order valence-corrected chi connectivity index (χ2v) is 6.60. The second kappa shape index (κ2) is 7.36. The molecule has 0 amide bonds. The summed E-state index contributed by atoms with van der Waals surface area (Å²) in [6.45, 7) is -0.324. The average Bonchev–Trinajstić information content (AvgIpc) is 2.58. The summed E-state index contributed by atoms with van der Waals surface area (Å²) in [5.74, 6) is -11.4. The fourth-order valence-corrected chi connectivity index (χ4v) is 3.22. The standard InChI is InChI=1S/C15H12F5NO3S/c1-24-9-4-2-3-8(7-9)5-6-21-25(22,23)15-13(19)11(17)10(16)12(18)14(15)20/h2-4,7,21H,5-6H2,1H3. The molecule has 25 heavy (non-hydrogen) atoms. The molecule has 2 aromatic rings. The Bertz CT molecular complexity index is 873. The minimum absolute atomic E-state index is 0.103. The van der Waals surface area contributed by atoms with Crippen molar-refractivity contribution in [2.24, 2.45) is 0 Å². The number of sulfonamides is 1. The van der Waals surface area contributed by atoms with Crippen LogP contribution in [0.1, 0.15) is 5.56 Å². The number of rotatable bonds is 6. The summed E-state index contributed by atoms with van der Waals surface area (Å²) in [7, 11) is -3.51. The van der Waals surface area contributed by atoms with Gasteiger partial charge in [-0.05, 0) is 24.1 Å². The number of benzene rings is 2. The first-order valence-electron chi connectivity index (χ1n) is 6.83. The summed E-state index contributed by atoms with van der Waals surface area (Å²) in [6.07, 6.45) is 0.103. The first-order chi connectivity index (χ1) is 11.7. The van der Waals surface area contributed by atoms with Crippen LogP contribution in [0.4, 0.5) is 22.0 Å². The number of halogens is 5. The smallest absolute Gasteiger partial charge is 0.246 e. The third-order valence-electron chi connectivity index (χ3n) is 3.28. The van der Waals surface area contributed by atoms with Crippen molar-refractivity contribution in [3.8, 4) is 5.75 Å². The zero-order valence-corrected chi connectivity index (χ0v) is 13.6. The van der Waals surface area contributed by atoms with Crippen molar-refractivity contribution in [3.05, 3.63) is 58.9 Å². The highest BCUT2D eigenvalue weighted by molar-refractivity contribution is 7.89. The molecular weight excluding hydrogens is 369 g/mol. The molecule has 0 spiro atoms. The van der Waals surface area contributed by atoms with Crippen LogP contribution in [-0.2, 0) is 16.4 Å². The number of hydrogen-bond donors (Lipinski definition) is 1. The molecule has 0 atom stereocenters. The van der Waals surface area contributed by atoms with E-state index in [-0.39, 0.29) is 13.0 Å². The zero-order chi connectivity index (χ0) is 18.8. The highest BCUT2D eigenvalue weighted by Gasteiger charge is 2.33. The van der Waals surface area contributed by atoms with Gasteiger partial charge in [-0.15, -0.1) is 0 Å². The van der Waals surface area contributed by atoms with Gasteiger partial charge in [0.2, 0.25) is 15.8 Å². The normalized spacial score (nSPS) is 11.6. The van der Waals surface area contributed by atoms with Crippen molar-refractivity contribution in [2.45, 2.75) is 11.3 Å². The highest BCUT2D eigenvalue weighted by atomic mass is 32.2. The molecule has 1 N–H and O–H groups in total. The maximum absolute atomic E-state index is 13.6. The molecule has 0 saturated carbocycles. The highest BCUT2D eigenvalue weighted by Crippen LogP contribution is 2.26. The summed E-state index contributed by atoms with van der Waals surface area (Å²) in [5.41, 5.74) is 0.638. The van der Waals surface area contributed by atoms with Gasteiger partial charge < -0.3 is 4.74 Å². The predicted molar refractivity (Wildman–Crippen MR) is 78.1 cm³/mol. The zero-order valence-electron chi connectivity index (χ0n) is 12.7. The van der Waals surface area contributed by atoms with Gasteiger partial charge in [-0.2, -0.15) is 0 Å². The van der Waals surface area contributed by atoms with Gasteiger partial charge in [0.1, 0.15) is 5.75 Å². The molecule has 4 nitrogen and oxygen atoms in total. The van der Waals surface area contributed by atoms with Crippen LogP contribution in [-0.4, -0.2) is 22.1 Å². The quantitative estimate of drug-likeness (QED) is 0.476. The van der Waals surface area contributed by atoms with E-state index >= 15 is 0 Å². The molecule has 0 radical (unpaired) electrons. The third-order valence-corrected chi connectivity index (χ3v) is 4.76. The minimum Gasteiger partial charge on any atom is -0.497 e. The van der Waals surface area contributed by atoms with Crippen LogP contribution in [0.3, 0.4) is 0 Å². The largest absolute Gasteiger partial charge is 0.497 e. The lowest BCUT2D eigenvalue weighted by molar-refractivity contribution is 0.357. The molecule has 0 aliphatic heterocycles. The van der Waals surface area contributed by atoms with Gasteiger partial charge >= 0.3 is 0 Å². The van der Waals surface area contributed by atoms with E-state index in [4.69, 9.17) is 4.74 Å². The fraction of sp³-hybridized carbons (Fsp3) is 0.200. The van der Waals surface area contributed by atoms with Gasteiger partial charge in [0.05, 0.1) is 7.11 Å². The molecule has 0 bridgehead atoms. The first kappa shape index (κ1) is 19.1. The van der Waals surface area contributed by atoms with Crippen molar-refractivity contribution in [1.82, 2.24) is 4.72 Å². The molecule has 0 unspecified atom stereocenters. The Labute approximate surface area is 140 Å². The molecule has 0 aliphatic carbocycles. The monoisotopic (exact) mass is 381 g/mol. The van der Waals surface area contributed by atoms with E-state index in [1.807, 2.05) is 4.72 Å².